The summed E-state index contributed by atoms with van der Waals surface area (Å²) >= 11 is 0. The van der Waals surface area contributed by atoms with Crippen LogP contribution in [-0.4, -0.2) is 103 Å². The van der Waals surface area contributed by atoms with Crippen LogP contribution in [0.15, 0.2) is 36.5 Å². The number of ether oxygens (including phenoxy) is 2. The maximum absolute atomic E-state index is 12.8. The van der Waals surface area contributed by atoms with Crippen molar-refractivity contribution < 1.29 is 57.1 Å². The Morgan fingerprint density at radius 2 is 1.36 bits per heavy atom. The largest absolute Gasteiger partial charge is 0.472 e. The molecule has 0 amide bonds. The van der Waals surface area contributed by atoms with Gasteiger partial charge in [-0.05, 0) is 57.8 Å². The number of hydrogen-bond donors (Lipinski definition) is 3. The number of rotatable bonds is 37. The molecule has 0 aliphatic heterocycles. The van der Waals surface area contributed by atoms with Crippen molar-refractivity contribution in [1.82, 2.24) is 0 Å². The molecule has 0 heterocycles. The van der Waals surface area contributed by atoms with E-state index in [0.29, 0.717) is 43.1 Å². The Labute approximate surface area is 357 Å². The van der Waals surface area contributed by atoms with E-state index in [2.05, 4.69) is 26.0 Å². The van der Waals surface area contributed by atoms with Gasteiger partial charge in [0.05, 0.1) is 40.0 Å². The van der Waals surface area contributed by atoms with Crippen molar-refractivity contribution in [3.63, 3.8) is 0 Å². The van der Waals surface area contributed by atoms with Gasteiger partial charge in [-0.2, -0.15) is 0 Å². The van der Waals surface area contributed by atoms with E-state index in [1.54, 1.807) is 12.2 Å². The number of allylic oxidation sites excluding steroid dienone is 5. The predicted octanol–water partition coefficient (Wildman–Crippen LogP) is 9.50. The number of Topliss-reactive ketones (excluding diaryl/α,β-unsaturated/α-hetero) is 1. The second-order valence-corrected chi connectivity index (χ2v) is 18.7. The number of phosphoric acid groups is 1. The number of esters is 2. The van der Waals surface area contributed by atoms with Gasteiger partial charge in [0.1, 0.15) is 25.5 Å². The zero-order valence-corrected chi connectivity index (χ0v) is 38.3. The van der Waals surface area contributed by atoms with Crippen molar-refractivity contribution in [1.29, 1.82) is 0 Å². The van der Waals surface area contributed by atoms with Crippen LogP contribution in [0.25, 0.3) is 0 Å². The zero-order valence-electron chi connectivity index (χ0n) is 37.4. The van der Waals surface area contributed by atoms with Gasteiger partial charge in [-0.3, -0.25) is 23.4 Å². The molecule has 1 unspecified atom stereocenters. The number of carbonyl (C=O) groups is 3. The minimum absolute atomic E-state index is 0.0174. The fraction of sp³-hybridized carbons (Fsp3) is 0.804. The number of nitrogens with zero attached hydrogens (tertiary/aromatic N) is 1. The van der Waals surface area contributed by atoms with Gasteiger partial charge in [0.15, 0.2) is 6.10 Å². The molecule has 0 aromatic rings. The summed E-state index contributed by atoms with van der Waals surface area (Å²) in [5.74, 6) is -1.75. The van der Waals surface area contributed by atoms with Crippen molar-refractivity contribution in [2.75, 3.05) is 47.5 Å². The standard InChI is InChI=1S/C46H82NO11P/c1-6-8-10-11-12-13-14-15-16-17-18-19-20-21-26-30-45(51)55-37-40(38-57-59(53,54)56-35-34-47(3,4)5)58-46(52)31-27-23-22-25-29-41-42(44(50)36-43(41)49)33-32-39(48)28-24-9-7-2/h13-14,22,25,32-33,39-43,48-49H,6-12,15-21,23-24,26-31,34-38H2,1-5H3/p+1/b14-13-,25-22-,33-32+/t39-,40+,41+,42+,43-/m0/s1. The van der Waals surface area contributed by atoms with Crippen molar-refractivity contribution in [3.05, 3.63) is 36.5 Å². The molecule has 1 aliphatic rings. The highest BCUT2D eigenvalue weighted by Crippen LogP contribution is 2.43. The minimum atomic E-state index is -4.45. The van der Waals surface area contributed by atoms with E-state index in [0.717, 1.165) is 44.9 Å². The lowest BCUT2D eigenvalue weighted by molar-refractivity contribution is -0.870. The van der Waals surface area contributed by atoms with E-state index in [4.69, 9.17) is 18.5 Å². The van der Waals surface area contributed by atoms with Crippen molar-refractivity contribution in [3.8, 4) is 0 Å². The van der Waals surface area contributed by atoms with Gasteiger partial charge in [-0.1, -0.05) is 121 Å². The Balaban J connectivity index is 2.51. The number of hydrogen-bond acceptors (Lipinski definition) is 10. The van der Waals surface area contributed by atoms with Gasteiger partial charge >= 0.3 is 19.8 Å². The molecule has 13 heteroatoms. The van der Waals surface area contributed by atoms with E-state index >= 15 is 0 Å². The lowest BCUT2D eigenvalue weighted by Gasteiger charge is -2.24. The van der Waals surface area contributed by atoms with Crippen molar-refractivity contribution in [2.24, 2.45) is 11.8 Å². The van der Waals surface area contributed by atoms with Crippen LogP contribution in [0.2, 0.25) is 0 Å². The topological polar surface area (TPSA) is 166 Å². The Hall–Kier alpha value is -2.18. The average molecular weight is 857 g/mol. The number of phosphoric ester groups is 1. The number of ketones is 1. The van der Waals surface area contributed by atoms with E-state index in [-0.39, 0.29) is 44.2 Å². The molecule has 12 nitrogen and oxygen atoms in total. The second kappa shape index (κ2) is 33.4. The quantitative estimate of drug-likeness (QED) is 0.0179. The SMILES string of the molecule is CCCCCC/C=C\CCCCCCCCCC(=O)OC[C@H](COP(=O)(O)OCC[N+](C)(C)C)OC(=O)CCC/C=C\C[C@H]1[C@@H](O)CC(=O)[C@@H]1/C=C/[C@@H](O)CCCCC. The molecule has 342 valence electrons. The normalized spacial score (nSPS) is 19.5. The molecule has 0 radical (unpaired) electrons. The van der Waals surface area contributed by atoms with Crippen LogP contribution in [0.5, 0.6) is 0 Å². The summed E-state index contributed by atoms with van der Waals surface area (Å²) in [6, 6.07) is 0. The van der Waals surface area contributed by atoms with Gasteiger partial charge in [-0.25, -0.2) is 4.57 Å². The van der Waals surface area contributed by atoms with Gasteiger partial charge in [0.2, 0.25) is 0 Å². The monoisotopic (exact) mass is 857 g/mol. The summed E-state index contributed by atoms with van der Waals surface area (Å²) < 4.78 is 34.2. The maximum atomic E-state index is 12.8. The van der Waals surface area contributed by atoms with Gasteiger partial charge < -0.3 is 29.1 Å². The molecule has 0 aromatic heterocycles. The Bertz CT molecular complexity index is 1260. The van der Waals surface area contributed by atoms with Crippen LogP contribution >= 0.6 is 7.82 Å². The van der Waals surface area contributed by atoms with Crippen LogP contribution in [0.1, 0.15) is 162 Å². The summed E-state index contributed by atoms with van der Waals surface area (Å²) in [7, 11) is 1.31. The first-order valence-corrected chi connectivity index (χ1v) is 24.3. The second-order valence-electron chi connectivity index (χ2n) is 17.2. The molecule has 6 atom stereocenters. The summed E-state index contributed by atoms with van der Waals surface area (Å²) in [6.07, 6.45) is 29.8. The molecule has 1 rings (SSSR count). The molecule has 0 saturated heterocycles. The molecule has 0 bridgehead atoms. The number of unbranched alkanes of at least 4 members (excludes halogenated alkanes) is 14. The predicted molar refractivity (Wildman–Crippen MR) is 234 cm³/mol. The van der Waals surface area contributed by atoms with Crippen LogP contribution in [-0.2, 0) is 37.5 Å². The van der Waals surface area contributed by atoms with Gasteiger partial charge in [0, 0.05) is 31.1 Å². The number of carbonyl (C=O) groups excluding carboxylic acids is 3. The van der Waals surface area contributed by atoms with E-state index in [1.165, 1.54) is 51.4 Å². The highest BCUT2D eigenvalue weighted by Gasteiger charge is 2.39. The first-order chi connectivity index (χ1) is 28.2. The van der Waals surface area contributed by atoms with Gasteiger partial charge in [0.25, 0.3) is 0 Å². The van der Waals surface area contributed by atoms with E-state index in [1.807, 2.05) is 33.3 Å². The van der Waals surface area contributed by atoms with E-state index in [9.17, 15) is 34.1 Å². The molecule has 0 aromatic carbocycles. The average Bonchev–Trinajstić information content (AvgIpc) is 3.44. The zero-order chi connectivity index (χ0) is 43.8. The molecule has 0 spiro atoms. The first kappa shape index (κ1) is 54.8. The number of likely N-dealkylation sites (N-methyl/N-ethyl adjacent to an activating group) is 1. The third kappa shape index (κ3) is 30.5. The van der Waals surface area contributed by atoms with Crippen LogP contribution in [0.4, 0.5) is 0 Å². The summed E-state index contributed by atoms with van der Waals surface area (Å²) in [6.45, 7) is 3.98. The Morgan fingerprint density at radius 3 is 2.02 bits per heavy atom. The summed E-state index contributed by atoms with van der Waals surface area (Å²) in [5.41, 5.74) is 0. The maximum Gasteiger partial charge on any atom is 0.472 e. The lowest BCUT2D eigenvalue weighted by atomic mass is 9.90. The van der Waals surface area contributed by atoms with Crippen molar-refractivity contribution in [2.45, 2.75) is 180 Å². The highest BCUT2D eigenvalue weighted by molar-refractivity contribution is 7.47. The number of aliphatic hydroxyl groups excluding tert-OH is 2. The molecular formula is C46H83NO11P+. The third-order valence-electron chi connectivity index (χ3n) is 10.5. The number of quaternary nitrogens is 1. The van der Waals surface area contributed by atoms with Gasteiger partial charge in [-0.15, -0.1) is 0 Å². The minimum Gasteiger partial charge on any atom is -0.462 e. The molecule has 1 aliphatic carbocycles. The fourth-order valence-corrected chi connectivity index (χ4v) is 7.55. The lowest BCUT2D eigenvalue weighted by Crippen LogP contribution is -2.37. The Kier molecular flexibility index (Phi) is 31.1. The Morgan fingerprint density at radius 1 is 0.780 bits per heavy atom. The fourth-order valence-electron chi connectivity index (χ4n) is 6.81. The van der Waals surface area contributed by atoms with Crippen molar-refractivity contribution >= 4 is 25.5 Å². The number of aliphatic hydroxyl groups is 2. The van der Waals surface area contributed by atoms with Crippen LogP contribution < -0.4 is 0 Å². The summed E-state index contributed by atoms with van der Waals surface area (Å²) in [4.78, 5) is 48.1. The molecule has 59 heavy (non-hydrogen) atoms. The molecule has 1 saturated carbocycles. The molecule has 3 N–H and O–H groups in total. The molecule has 1 fully saturated rings. The van der Waals surface area contributed by atoms with Crippen LogP contribution in [0, 0.1) is 11.8 Å². The third-order valence-corrected chi connectivity index (χ3v) is 11.5. The van der Waals surface area contributed by atoms with E-state index < -0.39 is 50.6 Å². The summed E-state index contributed by atoms with van der Waals surface area (Å²) in [5, 5.41) is 20.8. The highest BCUT2D eigenvalue weighted by atomic mass is 31.2. The first-order valence-electron chi connectivity index (χ1n) is 22.8. The smallest absolute Gasteiger partial charge is 0.462 e. The van der Waals surface area contributed by atoms with Crippen LogP contribution in [0.3, 0.4) is 0 Å². The molecular weight excluding hydrogens is 773 g/mol.